The van der Waals surface area contributed by atoms with Gasteiger partial charge in [-0.2, -0.15) is 0 Å². The number of imide groups is 1. The number of carbonyl (C=O) groups is 2. The lowest BCUT2D eigenvalue weighted by atomic mass is 9.57. The summed E-state index contributed by atoms with van der Waals surface area (Å²) in [5.74, 6) is -0.262. The number of allylic oxidation sites excluding steroid dienone is 1. The van der Waals surface area contributed by atoms with Crippen LogP contribution in [0.4, 0.5) is 4.79 Å². The van der Waals surface area contributed by atoms with Crippen molar-refractivity contribution in [1.82, 2.24) is 4.90 Å². The maximum Gasteiger partial charge on any atom is 0.417 e. The number of amides is 2. The molecule has 0 radical (unpaired) electrons. The van der Waals surface area contributed by atoms with E-state index in [1.807, 2.05) is 76.2 Å². The molecule has 5 atom stereocenters. The average molecular weight is 661 g/mol. The first-order valence-corrected chi connectivity index (χ1v) is 19.0. The van der Waals surface area contributed by atoms with E-state index in [-0.39, 0.29) is 28.7 Å². The lowest BCUT2D eigenvalue weighted by Gasteiger charge is -2.45. The highest BCUT2D eigenvalue weighted by Crippen LogP contribution is 2.60. The maximum absolute atomic E-state index is 14.6. The summed E-state index contributed by atoms with van der Waals surface area (Å²) in [5.41, 5.74) is 0.193. The molecule has 1 aliphatic heterocycles. The second kappa shape index (κ2) is 12.5. The van der Waals surface area contributed by atoms with Crippen LogP contribution in [0.2, 0.25) is 28.2 Å². The van der Waals surface area contributed by atoms with Crippen LogP contribution in [0, 0.1) is 11.3 Å². The number of hydrogen-bond acceptors (Lipinski definition) is 5. The van der Waals surface area contributed by atoms with E-state index in [4.69, 9.17) is 37.1 Å². The Morgan fingerprint density at radius 2 is 1.66 bits per heavy atom. The molecule has 0 aromatic heterocycles. The fraction of sp³-hybridized carbons (Fsp3) is 0.543. The number of halogens is 2. The number of ether oxygens (including phenoxy) is 2. The molecular weight excluding hydrogens is 613 g/mol. The quantitative estimate of drug-likeness (QED) is 0.219. The lowest BCUT2D eigenvalue weighted by molar-refractivity contribution is -0.135. The Morgan fingerprint density at radius 1 is 1.02 bits per heavy atom. The van der Waals surface area contributed by atoms with Gasteiger partial charge in [0.25, 0.3) is 0 Å². The molecular formula is C35H47Cl2NO5Si. The van der Waals surface area contributed by atoms with E-state index in [2.05, 4.69) is 39.9 Å². The first-order valence-electron chi connectivity index (χ1n) is 15.3. The standard InChI is InChI=1S/C35H47Cl2NO5Si/c1-22-30-29(23-11-13-24(36)14-12-23)27(26-16-15-25(41-8)21-28(26)37)17-18-35(30,19-20-42-44(9,10)34(5,6)7)31(39)38(22)32(40)43-33(2,3)4/h11-18,21-22,27,29-30H,19-20H2,1-10H3/t22-,27-,29-,30-,35-/m0/s1. The smallest absolute Gasteiger partial charge is 0.417 e. The predicted molar refractivity (Wildman–Crippen MR) is 180 cm³/mol. The summed E-state index contributed by atoms with van der Waals surface area (Å²) < 4.78 is 17.9. The van der Waals surface area contributed by atoms with Gasteiger partial charge in [0.15, 0.2) is 8.32 Å². The van der Waals surface area contributed by atoms with Crippen molar-refractivity contribution < 1.29 is 23.5 Å². The molecule has 2 aliphatic rings. The number of rotatable bonds is 7. The first kappa shape index (κ1) is 34.5. The number of hydrogen-bond donors (Lipinski definition) is 0. The minimum absolute atomic E-state index is 0.0179. The summed E-state index contributed by atoms with van der Waals surface area (Å²) in [5, 5.41) is 1.22. The van der Waals surface area contributed by atoms with Crippen molar-refractivity contribution in [2.24, 2.45) is 11.3 Å². The number of carbonyl (C=O) groups excluding carboxylic acids is 2. The molecule has 2 aromatic carbocycles. The van der Waals surface area contributed by atoms with Crippen molar-refractivity contribution in [2.45, 2.75) is 96.5 Å². The topological polar surface area (TPSA) is 65.1 Å². The van der Waals surface area contributed by atoms with E-state index < -0.39 is 31.5 Å². The van der Waals surface area contributed by atoms with Gasteiger partial charge in [0.1, 0.15) is 11.4 Å². The Hall–Kier alpha value is -2.32. The van der Waals surface area contributed by atoms with Gasteiger partial charge in [0, 0.05) is 40.4 Å². The normalized spacial score (nSPS) is 25.6. The fourth-order valence-electron chi connectivity index (χ4n) is 6.47. The van der Waals surface area contributed by atoms with E-state index in [1.54, 1.807) is 7.11 Å². The minimum Gasteiger partial charge on any atom is -0.497 e. The van der Waals surface area contributed by atoms with Crippen LogP contribution in [0.3, 0.4) is 0 Å². The summed E-state index contributed by atoms with van der Waals surface area (Å²) >= 11 is 13.2. The summed E-state index contributed by atoms with van der Waals surface area (Å²) in [6.45, 7) is 18.8. The van der Waals surface area contributed by atoms with E-state index in [0.29, 0.717) is 28.8 Å². The van der Waals surface area contributed by atoms with Crippen LogP contribution >= 0.6 is 23.2 Å². The van der Waals surface area contributed by atoms with Gasteiger partial charge in [0.2, 0.25) is 5.91 Å². The van der Waals surface area contributed by atoms with Gasteiger partial charge in [-0.3, -0.25) is 4.79 Å². The number of benzene rings is 2. The molecule has 0 N–H and O–H groups in total. The van der Waals surface area contributed by atoms with E-state index in [1.165, 1.54) is 4.90 Å². The third kappa shape index (κ3) is 6.62. The van der Waals surface area contributed by atoms with E-state index >= 15 is 0 Å². The SMILES string of the molecule is COc1ccc([C@@H]2C=C[C@@]3(CCO[Si](C)(C)C(C)(C)C)C(=O)N(C(=O)OC(C)(C)C)[C@@H](C)[C@H]3[C@H]2c2ccc(Cl)cc2)c(Cl)c1. The van der Waals surface area contributed by atoms with Crippen LogP contribution in [0.5, 0.6) is 5.75 Å². The van der Waals surface area contributed by atoms with Crippen molar-refractivity contribution >= 4 is 43.5 Å². The molecule has 0 bridgehead atoms. The molecule has 0 spiro atoms. The Balaban J connectivity index is 1.89. The zero-order valence-corrected chi connectivity index (χ0v) is 30.2. The Labute approximate surface area is 274 Å². The van der Waals surface area contributed by atoms with E-state index in [9.17, 15) is 9.59 Å². The molecule has 44 heavy (non-hydrogen) atoms. The molecule has 0 saturated carbocycles. The predicted octanol–water partition coefficient (Wildman–Crippen LogP) is 9.62. The molecule has 2 aromatic rings. The summed E-state index contributed by atoms with van der Waals surface area (Å²) in [7, 11) is -0.490. The van der Waals surface area contributed by atoms with Crippen molar-refractivity contribution in [3.63, 3.8) is 0 Å². The molecule has 1 fully saturated rings. The Morgan fingerprint density at radius 3 is 2.20 bits per heavy atom. The average Bonchev–Trinajstić information content (AvgIpc) is 3.13. The second-order valence-corrected chi connectivity index (χ2v) is 20.3. The molecule has 1 aliphatic carbocycles. The van der Waals surface area contributed by atoms with Gasteiger partial charge >= 0.3 is 6.09 Å². The first-order chi connectivity index (χ1) is 20.3. The largest absolute Gasteiger partial charge is 0.497 e. The number of methoxy groups -OCH3 is 1. The maximum atomic E-state index is 14.6. The highest BCUT2D eigenvalue weighted by molar-refractivity contribution is 6.74. The number of fused-ring (bicyclic) bond motifs is 1. The second-order valence-electron chi connectivity index (χ2n) is 14.7. The summed E-state index contributed by atoms with van der Waals surface area (Å²) in [6, 6.07) is 13.0. The van der Waals surface area contributed by atoms with Gasteiger partial charge < -0.3 is 13.9 Å². The van der Waals surface area contributed by atoms with E-state index in [0.717, 1.165) is 11.1 Å². The molecule has 9 heteroatoms. The molecule has 4 rings (SSSR count). The van der Waals surface area contributed by atoms with Crippen molar-refractivity contribution in [1.29, 1.82) is 0 Å². The van der Waals surface area contributed by atoms with Gasteiger partial charge in [0.05, 0.1) is 12.5 Å². The molecule has 240 valence electrons. The van der Waals surface area contributed by atoms with Crippen LogP contribution < -0.4 is 4.74 Å². The number of nitrogens with zero attached hydrogens (tertiary/aromatic N) is 1. The minimum atomic E-state index is -2.10. The van der Waals surface area contributed by atoms with Crippen LogP contribution in [0.15, 0.2) is 54.6 Å². The third-order valence-corrected chi connectivity index (χ3v) is 14.8. The molecule has 6 nitrogen and oxygen atoms in total. The third-order valence-electron chi connectivity index (χ3n) is 9.71. The fourth-order valence-corrected chi connectivity index (χ4v) is 7.94. The highest BCUT2D eigenvalue weighted by atomic mass is 35.5. The zero-order valence-electron chi connectivity index (χ0n) is 27.7. The molecule has 1 heterocycles. The van der Waals surface area contributed by atoms with Gasteiger partial charge in [-0.15, -0.1) is 0 Å². The van der Waals surface area contributed by atoms with Gasteiger partial charge in [-0.1, -0.05) is 74.3 Å². The van der Waals surface area contributed by atoms with Crippen LogP contribution in [0.25, 0.3) is 0 Å². The zero-order chi connectivity index (χ0) is 32.8. The van der Waals surface area contributed by atoms with Gasteiger partial charge in [-0.05, 0) is 87.6 Å². The van der Waals surface area contributed by atoms with Crippen molar-refractivity contribution in [3.8, 4) is 5.75 Å². The van der Waals surface area contributed by atoms with Crippen LogP contribution in [-0.4, -0.2) is 50.6 Å². The van der Waals surface area contributed by atoms with Gasteiger partial charge in [-0.25, -0.2) is 9.69 Å². The summed E-state index contributed by atoms with van der Waals surface area (Å²) in [6.07, 6.45) is 3.93. The molecule has 2 amide bonds. The Bertz CT molecular complexity index is 1410. The van der Waals surface area contributed by atoms with Crippen molar-refractivity contribution in [3.05, 3.63) is 75.8 Å². The highest BCUT2D eigenvalue weighted by Gasteiger charge is 2.63. The van der Waals surface area contributed by atoms with Crippen LogP contribution in [-0.2, 0) is 14.0 Å². The lowest BCUT2D eigenvalue weighted by Crippen LogP contribution is -2.45. The van der Waals surface area contributed by atoms with Crippen LogP contribution in [0.1, 0.15) is 77.8 Å². The van der Waals surface area contributed by atoms with Crippen molar-refractivity contribution in [2.75, 3.05) is 13.7 Å². The molecule has 0 unspecified atom stereocenters. The molecule has 1 saturated heterocycles. The monoisotopic (exact) mass is 659 g/mol. The summed E-state index contributed by atoms with van der Waals surface area (Å²) in [4.78, 5) is 29.7. The Kier molecular flexibility index (Phi) is 9.79. The number of likely N-dealkylation sites (tertiary alicyclic amines) is 1.